The molecule has 0 amide bonds. The van der Waals surface area contributed by atoms with Gasteiger partial charge in [-0.1, -0.05) is 36.4 Å². The maximum atomic E-state index is 5.20. The lowest BCUT2D eigenvalue weighted by atomic mass is 9.97. The van der Waals surface area contributed by atoms with Crippen LogP contribution in [0.1, 0.15) is 11.6 Å². The van der Waals surface area contributed by atoms with E-state index in [0.717, 1.165) is 12.3 Å². The summed E-state index contributed by atoms with van der Waals surface area (Å²) < 4.78 is 5.20. The van der Waals surface area contributed by atoms with Gasteiger partial charge in [0, 0.05) is 12.6 Å². The molecule has 2 unspecified atom stereocenters. The number of methoxy groups -OCH3 is 1. The quantitative estimate of drug-likeness (QED) is 0.761. The Labute approximate surface area is 108 Å². The summed E-state index contributed by atoms with van der Waals surface area (Å²) in [5, 5.41) is 0. The van der Waals surface area contributed by atoms with Crippen LogP contribution in [0.25, 0.3) is 11.1 Å². The largest absolute Gasteiger partial charge is 0.497 e. The fraction of sp³-hybridized carbons (Fsp3) is 0.250. The van der Waals surface area contributed by atoms with Gasteiger partial charge < -0.3 is 4.74 Å². The number of likely N-dealkylation sites (N-methyl/N-ethyl adjacent to an activating group) is 1. The predicted molar refractivity (Wildman–Crippen MR) is 73.8 cm³/mol. The summed E-state index contributed by atoms with van der Waals surface area (Å²) in [6.07, 6.45) is 0. The number of hydrogen-bond donors (Lipinski definition) is 0. The van der Waals surface area contributed by atoms with Crippen molar-refractivity contribution in [2.45, 2.75) is 6.04 Å². The van der Waals surface area contributed by atoms with Crippen LogP contribution in [0.4, 0.5) is 0 Å². The van der Waals surface area contributed by atoms with Gasteiger partial charge in [0.15, 0.2) is 0 Å². The first-order valence-corrected chi connectivity index (χ1v) is 6.23. The Bertz CT molecular complexity index is 547. The van der Waals surface area contributed by atoms with E-state index >= 15 is 0 Å². The highest BCUT2D eigenvalue weighted by atomic mass is 16.5. The van der Waals surface area contributed by atoms with E-state index in [1.54, 1.807) is 7.11 Å². The van der Waals surface area contributed by atoms with Gasteiger partial charge in [-0.2, -0.15) is 0 Å². The van der Waals surface area contributed by atoms with Crippen LogP contribution in [0, 0.1) is 0 Å². The van der Waals surface area contributed by atoms with Crippen molar-refractivity contribution in [1.82, 2.24) is 4.90 Å². The van der Waals surface area contributed by atoms with E-state index in [2.05, 4.69) is 48.3 Å². The highest BCUT2D eigenvalue weighted by Crippen LogP contribution is 2.38. The zero-order valence-electron chi connectivity index (χ0n) is 10.8. The summed E-state index contributed by atoms with van der Waals surface area (Å²) in [5.41, 5.74) is 4.01. The second kappa shape index (κ2) is 4.46. The molecule has 3 rings (SSSR count). The minimum Gasteiger partial charge on any atom is -0.497 e. The molecule has 0 spiro atoms. The average molecular weight is 239 g/mol. The molecule has 0 radical (unpaired) electrons. The van der Waals surface area contributed by atoms with Gasteiger partial charge in [0.1, 0.15) is 5.75 Å². The zero-order valence-corrected chi connectivity index (χ0v) is 10.8. The van der Waals surface area contributed by atoms with E-state index in [1.807, 2.05) is 12.1 Å². The van der Waals surface area contributed by atoms with Crippen molar-refractivity contribution in [3.05, 3.63) is 54.1 Å². The second-order valence-corrected chi connectivity index (χ2v) is 4.77. The van der Waals surface area contributed by atoms with E-state index in [1.165, 1.54) is 16.7 Å². The maximum absolute atomic E-state index is 5.20. The van der Waals surface area contributed by atoms with Gasteiger partial charge >= 0.3 is 0 Å². The highest BCUT2D eigenvalue weighted by Gasteiger charge is 2.32. The third-order valence-corrected chi connectivity index (χ3v) is 3.58. The number of benzene rings is 2. The van der Waals surface area contributed by atoms with E-state index < -0.39 is 0 Å². The molecule has 0 N–H and O–H groups in total. The number of nitrogens with zero attached hydrogens (tertiary/aromatic N) is 1. The molecule has 92 valence electrons. The molecule has 2 aromatic rings. The summed E-state index contributed by atoms with van der Waals surface area (Å²) >= 11 is 0. The summed E-state index contributed by atoms with van der Waals surface area (Å²) in [7, 11) is 3.86. The first kappa shape index (κ1) is 11.3. The summed E-state index contributed by atoms with van der Waals surface area (Å²) in [6, 6.07) is 17.5. The van der Waals surface area contributed by atoms with Crippen LogP contribution in [-0.2, 0) is 0 Å². The van der Waals surface area contributed by atoms with Crippen molar-refractivity contribution in [2.24, 2.45) is 0 Å². The lowest BCUT2D eigenvalue weighted by Crippen LogP contribution is -1.92. The second-order valence-electron chi connectivity index (χ2n) is 4.77. The Kier molecular flexibility index (Phi) is 2.80. The molecule has 0 aliphatic carbocycles. The van der Waals surface area contributed by atoms with Gasteiger partial charge in [-0.25, -0.2) is 0 Å². The molecule has 1 fully saturated rings. The maximum Gasteiger partial charge on any atom is 0.118 e. The SMILES string of the molecule is COc1ccc(-c2ccccc2C2CN2C)cc1. The van der Waals surface area contributed by atoms with Crippen molar-refractivity contribution < 1.29 is 4.74 Å². The van der Waals surface area contributed by atoms with E-state index in [-0.39, 0.29) is 0 Å². The Morgan fingerprint density at radius 2 is 1.72 bits per heavy atom. The molecule has 0 saturated carbocycles. The van der Waals surface area contributed by atoms with Crippen molar-refractivity contribution >= 4 is 0 Å². The molecule has 1 aliphatic rings. The fourth-order valence-electron chi connectivity index (χ4n) is 2.38. The van der Waals surface area contributed by atoms with Crippen LogP contribution in [0.3, 0.4) is 0 Å². The third kappa shape index (κ3) is 2.00. The van der Waals surface area contributed by atoms with E-state index in [9.17, 15) is 0 Å². The van der Waals surface area contributed by atoms with Crippen LogP contribution in [0.5, 0.6) is 5.75 Å². The smallest absolute Gasteiger partial charge is 0.118 e. The average Bonchev–Trinajstić information content (AvgIpc) is 3.16. The van der Waals surface area contributed by atoms with Crippen LogP contribution in [0.15, 0.2) is 48.5 Å². The predicted octanol–water partition coefficient (Wildman–Crippen LogP) is 3.35. The molecule has 2 atom stereocenters. The van der Waals surface area contributed by atoms with Crippen molar-refractivity contribution in [2.75, 3.05) is 20.7 Å². The standard InChI is InChI=1S/C16H17NO/c1-17-11-16(17)15-6-4-3-5-14(15)12-7-9-13(18-2)10-8-12/h3-10,16H,11H2,1-2H3. The molecule has 18 heavy (non-hydrogen) atoms. The lowest BCUT2D eigenvalue weighted by Gasteiger charge is -2.09. The van der Waals surface area contributed by atoms with E-state index in [0.29, 0.717) is 6.04 Å². The fourth-order valence-corrected chi connectivity index (χ4v) is 2.38. The Morgan fingerprint density at radius 3 is 2.33 bits per heavy atom. The number of ether oxygens (including phenoxy) is 1. The normalized spacial score (nSPS) is 21.7. The molecule has 0 bridgehead atoms. The number of hydrogen-bond acceptors (Lipinski definition) is 2. The third-order valence-electron chi connectivity index (χ3n) is 3.58. The molecule has 0 aromatic heterocycles. The van der Waals surface area contributed by atoms with Crippen LogP contribution < -0.4 is 4.74 Å². The van der Waals surface area contributed by atoms with Crippen LogP contribution >= 0.6 is 0 Å². The summed E-state index contributed by atoms with van der Waals surface area (Å²) in [4.78, 5) is 2.35. The molecular weight excluding hydrogens is 222 g/mol. The van der Waals surface area contributed by atoms with Crippen molar-refractivity contribution in [3.63, 3.8) is 0 Å². The Morgan fingerprint density at radius 1 is 1.06 bits per heavy atom. The molecule has 1 aliphatic heterocycles. The zero-order chi connectivity index (χ0) is 12.5. The molecule has 1 heterocycles. The molecular formula is C16H17NO. The summed E-state index contributed by atoms with van der Waals surface area (Å²) in [6.45, 7) is 1.16. The topological polar surface area (TPSA) is 12.2 Å². The first-order chi connectivity index (χ1) is 8.79. The molecule has 2 aromatic carbocycles. The van der Waals surface area contributed by atoms with Gasteiger partial charge in [0.05, 0.1) is 7.11 Å². The van der Waals surface area contributed by atoms with Crippen molar-refractivity contribution in [1.29, 1.82) is 0 Å². The van der Waals surface area contributed by atoms with Gasteiger partial charge in [-0.05, 0) is 35.9 Å². The van der Waals surface area contributed by atoms with Gasteiger partial charge in [0.25, 0.3) is 0 Å². The molecule has 1 saturated heterocycles. The number of rotatable bonds is 3. The van der Waals surface area contributed by atoms with Gasteiger partial charge in [-0.3, -0.25) is 4.90 Å². The lowest BCUT2D eigenvalue weighted by molar-refractivity contribution is 0.415. The van der Waals surface area contributed by atoms with Crippen LogP contribution in [0.2, 0.25) is 0 Å². The van der Waals surface area contributed by atoms with Crippen LogP contribution in [-0.4, -0.2) is 25.6 Å². The highest BCUT2D eigenvalue weighted by molar-refractivity contribution is 5.69. The van der Waals surface area contributed by atoms with Gasteiger partial charge in [-0.15, -0.1) is 0 Å². The van der Waals surface area contributed by atoms with E-state index in [4.69, 9.17) is 4.74 Å². The first-order valence-electron chi connectivity index (χ1n) is 6.23. The molecule has 2 nitrogen and oxygen atoms in total. The minimum atomic E-state index is 0.586. The Hall–Kier alpha value is -1.80. The summed E-state index contributed by atoms with van der Waals surface area (Å²) in [5.74, 6) is 0.903. The molecule has 2 heteroatoms. The van der Waals surface area contributed by atoms with Gasteiger partial charge in [0.2, 0.25) is 0 Å². The Balaban J connectivity index is 2.00. The van der Waals surface area contributed by atoms with Crippen molar-refractivity contribution in [3.8, 4) is 16.9 Å². The minimum absolute atomic E-state index is 0.586. The monoisotopic (exact) mass is 239 g/mol.